The molecule has 0 spiro atoms. The Morgan fingerprint density at radius 1 is 1.33 bits per heavy atom. The monoisotopic (exact) mass is 257 g/mol. The Morgan fingerprint density at radius 2 is 2.00 bits per heavy atom. The Hall–Kier alpha value is -1.63. The van der Waals surface area contributed by atoms with Crippen LogP contribution < -0.4 is 16.4 Å². The van der Waals surface area contributed by atoms with Gasteiger partial charge in [0, 0.05) is 6.42 Å². The minimum atomic E-state index is -1.16. The van der Waals surface area contributed by atoms with Gasteiger partial charge in [-0.25, -0.2) is 4.79 Å². The van der Waals surface area contributed by atoms with Crippen molar-refractivity contribution in [1.82, 2.24) is 10.6 Å². The summed E-state index contributed by atoms with van der Waals surface area (Å²) in [6.07, 6.45) is 2.32. The third-order valence-corrected chi connectivity index (χ3v) is 2.73. The summed E-state index contributed by atoms with van der Waals surface area (Å²) < 4.78 is 0. The van der Waals surface area contributed by atoms with Crippen molar-refractivity contribution in [2.45, 2.75) is 31.7 Å². The van der Waals surface area contributed by atoms with E-state index in [-0.39, 0.29) is 25.3 Å². The summed E-state index contributed by atoms with van der Waals surface area (Å²) in [5, 5.41) is 14.2. The zero-order valence-corrected chi connectivity index (χ0v) is 10.1. The lowest BCUT2D eigenvalue weighted by atomic mass is 10.1. The van der Waals surface area contributed by atoms with Crippen LogP contribution in [0, 0.1) is 5.92 Å². The molecule has 102 valence electrons. The molecule has 7 nitrogen and oxygen atoms in total. The Kier molecular flexibility index (Phi) is 5.57. The molecule has 0 aliphatic heterocycles. The third-order valence-electron chi connectivity index (χ3n) is 2.73. The van der Waals surface area contributed by atoms with E-state index in [0.29, 0.717) is 5.92 Å². The van der Waals surface area contributed by atoms with Crippen LogP contribution in [0.1, 0.15) is 25.7 Å². The lowest BCUT2D eigenvalue weighted by Crippen LogP contribution is -2.45. The van der Waals surface area contributed by atoms with Gasteiger partial charge in [-0.2, -0.15) is 0 Å². The van der Waals surface area contributed by atoms with E-state index >= 15 is 0 Å². The van der Waals surface area contributed by atoms with Crippen LogP contribution in [-0.4, -0.2) is 42.0 Å². The normalized spacial score (nSPS) is 16.0. The van der Waals surface area contributed by atoms with Gasteiger partial charge in [-0.3, -0.25) is 9.59 Å². The van der Waals surface area contributed by atoms with Gasteiger partial charge in [-0.05, 0) is 31.7 Å². The number of hydrogen-bond acceptors (Lipinski definition) is 4. The first-order valence-corrected chi connectivity index (χ1v) is 6.00. The summed E-state index contributed by atoms with van der Waals surface area (Å²) in [6.45, 7) is 0.878. The second-order valence-corrected chi connectivity index (χ2v) is 4.54. The molecule has 7 heteroatoms. The fourth-order valence-electron chi connectivity index (χ4n) is 1.50. The molecular formula is C11H19N3O4. The summed E-state index contributed by atoms with van der Waals surface area (Å²) in [4.78, 5) is 32.9. The average Bonchev–Trinajstić information content (AvgIpc) is 3.07. The van der Waals surface area contributed by atoms with Gasteiger partial charge in [0.1, 0.15) is 6.04 Å². The van der Waals surface area contributed by atoms with Crippen molar-refractivity contribution in [3.63, 3.8) is 0 Å². The molecule has 5 N–H and O–H groups in total. The van der Waals surface area contributed by atoms with E-state index in [0.717, 1.165) is 6.54 Å². The minimum Gasteiger partial charge on any atom is -0.480 e. The molecule has 18 heavy (non-hydrogen) atoms. The van der Waals surface area contributed by atoms with Gasteiger partial charge in [0.15, 0.2) is 0 Å². The number of nitrogens with one attached hydrogen (secondary N) is 2. The molecule has 1 saturated carbocycles. The van der Waals surface area contributed by atoms with E-state index in [9.17, 15) is 14.4 Å². The van der Waals surface area contributed by atoms with E-state index in [1.807, 2.05) is 0 Å². The minimum absolute atomic E-state index is 0.0129. The molecule has 1 atom stereocenters. The molecule has 0 radical (unpaired) electrons. The Bertz CT molecular complexity index is 328. The van der Waals surface area contributed by atoms with Gasteiger partial charge >= 0.3 is 5.97 Å². The van der Waals surface area contributed by atoms with Crippen LogP contribution in [0.2, 0.25) is 0 Å². The van der Waals surface area contributed by atoms with Crippen molar-refractivity contribution in [2.75, 3.05) is 13.1 Å². The van der Waals surface area contributed by atoms with Crippen molar-refractivity contribution in [3.8, 4) is 0 Å². The topological polar surface area (TPSA) is 122 Å². The number of carbonyl (C=O) groups excluding carboxylic acids is 2. The van der Waals surface area contributed by atoms with E-state index < -0.39 is 17.9 Å². The number of nitrogens with two attached hydrogens (primary N) is 1. The van der Waals surface area contributed by atoms with Crippen molar-refractivity contribution in [2.24, 2.45) is 11.7 Å². The number of carboxylic acid groups (broad SMARTS) is 1. The van der Waals surface area contributed by atoms with Crippen molar-refractivity contribution in [1.29, 1.82) is 0 Å². The van der Waals surface area contributed by atoms with E-state index in [1.54, 1.807) is 0 Å². The average molecular weight is 257 g/mol. The molecule has 1 aliphatic carbocycles. The highest BCUT2D eigenvalue weighted by molar-refractivity contribution is 5.85. The number of rotatable bonds is 9. The molecule has 1 unspecified atom stereocenters. The molecule has 0 bridgehead atoms. The Balaban J connectivity index is 2.22. The van der Waals surface area contributed by atoms with E-state index in [2.05, 4.69) is 10.6 Å². The van der Waals surface area contributed by atoms with Gasteiger partial charge in [-0.15, -0.1) is 0 Å². The maximum Gasteiger partial charge on any atom is 0.326 e. The predicted octanol–water partition coefficient (Wildman–Crippen LogP) is -1.18. The number of aliphatic carboxylic acids is 1. The number of hydrogen-bond donors (Lipinski definition) is 4. The first kappa shape index (κ1) is 14.4. The van der Waals surface area contributed by atoms with Crippen molar-refractivity contribution >= 4 is 17.8 Å². The zero-order valence-electron chi connectivity index (χ0n) is 10.1. The molecule has 0 aromatic heterocycles. The molecule has 0 aromatic carbocycles. The Labute approximate surface area is 105 Å². The molecule has 1 fully saturated rings. The van der Waals surface area contributed by atoms with Crippen molar-refractivity contribution < 1.29 is 19.5 Å². The number of carboxylic acids is 1. The molecule has 0 saturated heterocycles. The summed E-state index contributed by atoms with van der Waals surface area (Å²) in [5.74, 6) is -1.47. The fourth-order valence-corrected chi connectivity index (χ4v) is 1.50. The highest BCUT2D eigenvalue weighted by Crippen LogP contribution is 2.27. The van der Waals surface area contributed by atoms with Crippen LogP contribution in [0.3, 0.4) is 0 Å². The van der Waals surface area contributed by atoms with Crippen LogP contribution >= 0.6 is 0 Å². The molecule has 2 amide bonds. The highest BCUT2D eigenvalue weighted by Gasteiger charge is 2.22. The fraction of sp³-hybridized carbons (Fsp3) is 0.727. The maximum absolute atomic E-state index is 11.5. The largest absolute Gasteiger partial charge is 0.480 e. The SMILES string of the molecule is NC(=O)CCC(NC(=O)CNCC1CC1)C(=O)O. The lowest BCUT2D eigenvalue weighted by Gasteiger charge is -2.13. The summed E-state index contributed by atoms with van der Waals surface area (Å²) >= 11 is 0. The molecule has 0 aromatic rings. The van der Waals surface area contributed by atoms with Gasteiger partial charge in [0.25, 0.3) is 0 Å². The van der Waals surface area contributed by atoms with Gasteiger partial charge in [0.2, 0.25) is 11.8 Å². The van der Waals surface area contributed by atoms with E-state index in [1.165, 1.54) is 12.8 Å². The predicted molar refractivity (Wildman–Crippen MR) is 63.6 cm³/mol. The van der Waals surface area contributed by atoms with Crippen LogP contribution in [0.25, 0.3) is 0 Å². The van der Waals surface area contributed by atoms with E-state index in [4.69, 9.17) is 10.8 Å². The first-order chi connectivity index (χ1) is 8.49. The quantitative estimate of drug-likeness (QED) is 0.414. The van der Waals surface area contributed by atoms with Crippen LogP contribution in [0.15, 0.2) is 0 Å². The van der Waals surface area contributed by atoms with Gasteiger partial charge in [-0.1, -0.05) is 0 Å². The number of amides is 2. The molecule has 0 heterocycles. The lowest BCUT2D eigenvalue weighted by molar-refractivity contribution is -0.142. The second kappa shape index (κ2) is 6.95. The third kappa shape index (κ3) is 6.19. The maximum atomic E-state index is 11.5. The smallest absolute Gasteiger partial charge is 0.326 e. The summed E-state index contributed by atoms with van der Waals surface area (Å²) in [6, 6.07) is -1.06. The summed E-state index contributed by atoms with van der Waals surface area (Å²) in [5.41, 5.74) is 4.94. The second-order valence-electron chi connectivity index (χ2n) is 4.54. The van der Waals surface area contributed by atoms with Crippen LogP contribution in [0.5, 0.6) is 0 Å². The number of primary amides is 1. The van der Waals surface area contributed by atoms with Crippen LogP contribution in [-0.2, 0) is 14.4 Å². The first-order valence-electron chi connectivity index (χ1n) is 6.00. The Morgan fingerprint density at radius 3 is 2.50 bits per heavy atom. The molecule has 1 aliphatic rings. The van der Waals surface area contributed by atoms with Crippen molar-refractivity contribution in [3.05, 3.63) is 0 Å². The summed E-state index contributed by atoms with van der Waals surface area (Å²) in [7, 11) is 0. The highest BCUT2D eigenvalue weighted by atomic mass is 16.4. The molecular weight excluding hydrogens is 238 g/mol. The number of carbonyl (C=O) groups is 3. The van der Waals surface area contributed by atoms with Gasteiger partial charge < -0.3 is 21.5 Å². The molecule has 1 rings (SSSR count). The van der Waals surface area contributed by atoms with Gasteiger partial charge in [0.05, 0.1) is 6.54 Å². The zero-order chi connectivity index (χ0) is 13.5. The van der Waals surface area contributed by atoms with Crippen LogP contribution in [0.4, 0.5) is 0 Å². The standard InChI is InChI=1S/C11H19N3O4/c12-9(15)4-3-8(11(17)18)14-10(16)6-13-5-7-1-2-7/h7-8,13H,1-6H2,(H2,12,15)(H,14,16)(H,17,18).